The van der Waals surface area contributed by atoms with Gasteiger partial charge in [-0.25, -0.2) is 0 Å². The van der Waals surface area contributed by atoms with Crippen molar-refractivity contribution in [2.45, 2.75) is 84.3 Å². The molecular formula is C26H40N4O3. The normalized spacial score (nSPS) is 39.2. The molecule has 0 saturated heterocycles. The highest BCUT2D eigenvalue weighted by atomic mass is 16.6. The van der Waals surface area contributed by atoms with Gasteiger partial charge in [-0.15, -0.1) is 0 Å². The first-order valence-corrected chi connectivity index (χ1v) is 12.8. The van der Waals surface area contributed by atoms with Crippen molar-refractivity contribution in [3.05, 3.63) is 23.4 Å². The summed E-state index contributed by atoms with van der Waals surface area (Å²) in [6.45, 7) is 5.98. The molecule has 7 nitrogen and oxygen atoms in total. The van der Waals surface area contributed by atoms with Gasteiger partial charge in [-0.2, -0.15) is 4.98 Å². The number of aliphatic hydroxyl groups is 1. The summed E-state index contributed by atoms with van der Waals surface area (Å²) in [5.41, 5.74) is 3.07. The second-order valence-electron chi connectivity index (χ2n) is 11.6. The van der Waals surface area contributed by atoms with Crippen LogP contribution in [-0.4, -0.2) is 52.7 Å². The van der Waals surface area contributed by atoms with Crippen LogP contribution in [0, 0.1) is 28.6 Å². The van der Waals surface area contributed by atoms with Crippen LogP contribution >= 0.6 is 0 Å². The van der Waals surface area contributed by atoms with Crippen molar-refractivity contribution in [3.63, 3.8) is 0 Å². The van der Waals surface area contributed by atoms with Gasteiger partial charge in [-0.3, -0.25) is 0 Å². The van der Waals surface area contributed by atoms with Crippen molar-refractivity contribution < 1.29 is 14.5 Å². The van der Waals surface area contributed by atoms with E-state index in [1.165, 1.54) is 25.7 Å². The molecule has 7 heteroatoms. The fraction of sp³-hybridized carbons (Fsp3) is 0.808. The summed E-state index contributed by atoms with van der Waals surface area (Å²) in [4.78, 5) is 12.1. The molecule has 0 spiro atoms. The summed E-state index contributed by atoms with van der Waals surface area (Å²) in [7, 11) is 3.96. The number of oxime groups is 1. The first kappa shape index (κ1) is 23.0. The Morgan fingerprint density at radius 2 is 2.00 bits per heavy atom. The van der Waals surface area contributed by atoms with Crippen LogP contribution in [0.1, 0.15) is 76.9 Å². The Balaban J connectivity index is 1.20. The zero-order valence-corrected chi connectivity index (χ0v) is 20.7. The van der Waals surface area contributed by atoms with Crippen LogP contribution in [0.2, 0.25) is 0 Å². The lowest BCUT2D eigenvalue weighted by Gasteiger charge is -2.57. The van der Waals surface area contributed by atoms with Crippen LogP contribution in [-0.2, 0) is 17.8 Å². The van der Waals surface area contributed by atoms with Crippen LogP contribution in [0.4, 0.5) is 0 Å². The highest BCUT2D eigenvalue weighted by Crippen LogP contribution is 2.65. The third-order valence-corrected chi connectivity index (χ3v) is 9.48. The predicted octanol–water partition coefficient (Wildman–Crippen LogP) is 4.37. The lowest BCUT2D eigenvalue weighted by atomic mass is 9.47. The maximum atomic E-state index is 10.7. The molecule has 0 aliphatic heterocycles. The highest BCUT2D eigenvalue weighted by Gasteiger charge is 2.58. The molecule has 4 aliphatic rings. The largest absolute Gasteiger partial charge is 0.395 e. The smallest absolute Gasteiger partial charge is 0.230 e. The number of nitrogens with zero attached hydrogens (tertiary/aromatic N) is 4. The van der Waals surface area contributed by atoms with Crippen LogP contribution < -0.4 is 0 Å². The molecular weight excluding hydrogens is 416 g/mol. The van der Waals surface area contributed by atoms with Crippen LogP contribution in [0.3, 0.4) is 0 Å². The predicted molar refractivity (Wildman–Crippen MR) is 126 cm³/mol. The van der Waals surface area contributed by atoms with E-state index in [1.54, 1.807) is 5.57 Å². The van der Waals surface area contributed by atoms with Gasteiger partial charge in [-0.05, 0) is 100 Å². The van der Waals surface area contributed by atoms with Crippen molar-refractivity contribution in [2.75, 3.05) is 20.7 Å². The molecule has 0 radical (unpaired) electrons. The number of allylic oxidation sites excluding steroid dienone is 2. The summed E-state index contributed by atoms with van der Waals surface area (Å²) in [6.07, 6.45) is 12.0. The number of aromatic nitrogens is 2. The maximum absolute atomic E-state index is 10.7. The summed E-state index contributed by atoms with van der Waals surface area (Å²) in [5.74, 6) is 3.51. The topological polar surface area (TPSA) is 84.0 Å². The molecule has 6 atom stereocenters. The van der Waals surface area contributed by atoms with Gasteiger partial charge in [-0.1, -0.05) is 29.7 Å². The fourth-order valence-corrected chi connectivity index (χ4v) is 7.62. The van der Waals surface area contributed by atoms with Gasteiger partial charge in [0, 0.05) is 0 Å². The third kappa shape index (κ3) is 4.16. The Morgan fingerprint density at radius 3 is 2.82 bits per heavy atom. The van der Waals surface area contributed by atoms with Gasteiger partial charge in [0.1, 0.15) is 6.61 Å². The molecule has 3 unspecified atom stereocenters. The molecule has 4 aliphatic carbocycles. The average Bonchev–Trinajstić information content (AvgIpc) is 3.34. The molecule has 0 aromatic carbocycles. The van der Waals surface area contributed by atoms with E-state index in [-0.39, 0.29) is 16.9 Å². The van der Waals surface area contributed by atoms with Gasteiger partial charge in [0.15, 0.2) is 5.82 Å². The molecule has 33 heavy (non-hydrogen) atoms. The van der Waals surface area contributed by atoms with Crippen LogP contribution in [0.25, 0.3) is 0 Å². The molecule has 182 valence electrons. The summed E-state index contributed by atoms with van der Waals surface area (Å²) < 4.78 is 5.29. The van der Waals surface area contributed by atoms with Gasteiger partial charge in [0.25, 0.3) is 0 Å². The number of hydrogen-bond acceptors (Lipinski definition) is 7. The minimum absolute atomic E-state index is 0.0952. The molecule has 1 aromatic heterocycles. The van der Waals surface area contributed by atoms with Gasteiger partial charge in [0.2, 0.25) is 5.89 Å². The standard InChI is InChI=1S/C26H40N4O3/c1-25-12-9-18(28-32-14-11-24-27-23(29-33-24)16-30(3)4)15-17(25)5-6-19-20-7-8-22(31)26(20,2)13-10-21(19)25/h15,19-22,31H,5-14,16H2,1-4H3/t19?,20?,21?,22-,25-,26-/m0/s1. The van der Waals surface area contributed by atoms with Crippen molar-refractivity contribution >= 4 is 5.71 Å². The Kier molecular flexibility index (Phi) is 6.15. The molecule has 3 fully saturated rings. The van der Waals surface area contributed by atoms with Crippen molar-refractivity contribution in [2.24, 2.45) is 33.7 Å². The van der Waals surface area contributed by atoms with Crippen molar-refractivity contribution in [1.82, 2.24) is 15.0 Å². The highest BCUT2D eigenvalue weighted by molar-refractivity contribution is 5.96. The van der Waals surface area contributed by atoms with Crippen molar-refractivity contribution in [1.29, 1.82) is 0 Å². The van der Waals surface area contributed by atoms with E-state index in [0.29, 0.717) is 37.2 Å². The van der Waals surface area contributed by atoms with Gasteiger partial charge >= 0.3 is 0 Å². The monoisotopic (exact) mass is 456 g/mol. The van der Waals surface area contributed by atoms with Crippen molar-refractivity contribution in [3.8, 4) is 0 Å². The van der Waals surface area contributed by atoms with E-state index < -0.39 is 0 Å². The Hall–Kier alpha value is -1.73. The molecule has 5 rings (SSSR count). The van der Waals surface area contributed by atoms with Gasteiger partial charge < -0.3 is 19.4 Å². The molecule has 1 heterocycles. The second-order valence-corrected chi connectivity index (χ2v) is 11.6. The van der Waals surface area contributed by atoms with E-state index in [2.05, 4.69) is 35.2 Å². The Labute approximate surface area is 197 Å². The van der Waals surface area contributed by atoms with Crippen LogP contribution in [0.5, 0.6) is 0 Å². The zero-order valence-electron chi connectivity index (χ0n) is 20.7. The van der Waals surface area contributed by atoms with Gasteiger partial charge in [0.05, 0.1) is 24.8 Å². The summed E-state index contributed by atoms with van der Waals surface area (Å²) >= 11 is 0. The second kappa shape index (κ2) is 8.81. The lowest BCUT2D eigenvalue weighted by molar-refractivity contribution is -0.0722. The first-order chi connectivity index (χ1) is 15.8. The minimum atomic E-state index is -0.0952. The number of fused-ring (bicyclic) bond motifs is 5. The fourth-order valence-electron chi connectivity index (χ4n) is 7.62. The summed E-state index contributed by atoms with van der Waals surface area (Å²) in [5, 5.41) is 19.1. The van der Waals surface area contributed by atoms with E-state index in [4.69, 9.17) is 9.36 Å². The first-order valence-electron chi connectivity index (χ1n) is 12.8. The van der Waals surface area contributed by atoms with E-state index in [9.17, 15) is 5.11 Å². The molecule has 3 saturated carbocycles. The zero-order chi connectivity index (χ0) is 23.2. The number of rotatable bonds is 6. The SMILES string of the molecule is CN(C)Cc1noc(CCON=C2C=C3CCC4C(CC[C@@]5(C)C4CC[C@@H]5O)[C@@]3(C)CC2)n1. The third-order valence-electron chi connectivity index (χ3n) is 9.48. The molecule has 0 bridgehead atoms. The Bertz CT molecular complexity index is 924. The number of aliphatic hydroxyl groups excluding tert-OH is 1. The maximum Gasteiger partial charge on any atom is 0.230 e. The minimum Gasteiger partial charge on any atom is -0.395 e. The Morgan fingerprint density at radius 1 is 1.15 bits per heavy atom. The molecule has 0 amide bonds. The summed E-state index contributed by atoms with van der Waals surface area (Å²) in [6, 6.07) is 0. The lowest BCUT2D eigenvalue weighted by Crippen LogP contribution is -2.51. The van der Waals surface area contributed by atoms with Crippen LogP contribution in [0.15, 0.2) is 21.3 Å². The van der Waals surface area contributed by atoms with E-state index in [1.807, 2.05) is 19.0 Å². The number of hydrogen-bond donors (Lipinski definition) is 1. The molecule has 1 N–H and O–H groups in total. The average molecular weight is 457 g/mol. The van der Waals surface area contributed by atoms with E-state index in [0.717, 1.165) is 43.2 Å². The quantitative estimate of drug-likeness (QED) is 0.505. The molecule has 1 aromatic rings. The van der Waals surface area contributed by atoms with E-state index >= 15 is 0 Å².